The van der Waals surface area contributed by atoms with Crippen LogP contribution in [0.1, 0.15) is 37.7 Å². The Kier molecular flexibility index (Phi) is 8.06. The first-order valence-electron chi connectivity index (χ1n) is 6.73. The molecule has 0 spiro atoms. The first-order chi connectivity index (χ1) is 8.79. The quantitative estimate of drug-likeness (QED) is 0.688. The van der Waals surface area contributed by atoms with E-state index in [0.717, 1.165) is 24.7 Å². The summed E-state index contributed by atoms with van der Waals surface area (Å²) in [4.78, 5) is 0. The van der Waals surface area contributed by atoms with Gasteiger partial charge in [0.05, 0.1) is 6.61 Å². The third-order valence-corrected chi connectivity index (χ3v) is 3.47. The van der Waals surface area contributed by atoms with Gasteiger partial charge >= 0.3 is 0 Å². The van der Waals surface area contributed by atoms with Crippen LogP contribution in [0.25, 0.3) is 0 Å². The fourth-order valence-corrected chi connectivity index (χ4v) is 2.36. The van der Waals surface area contributed by atoms with E-state index in [4.69, 9.17) is 16.3 Å². The van der Waals surface area contributed by atoms with E-state index in [1.54, 1.807) is 7.11 Å². The molecule has 1 aromatic rings. The maximum atomic E-state index is 6.29. The number of hydrogen-bond acceptors (Lipinski definition) is 2. The van der Waals surface area contributed by atoms with E-state index in [1.807, 2.05) is 12.1 Å². The number of nitrogens with one attached hydrogen (secondary N) is 1. The van der Waals surface area contributed by atoms with Crippen molar-refractivity contribution >= 4 is 11.6 Å². The Labute approximate surface area is 116 Å². The van der Waals surface area contributed by atoms with E-state index in [0.29, 0.717) is 5.92 Å². The average molecular weight is 270 g/mol. The summed E-state index contributed by atoms with van der Waals surface area (Å²) in [6, 6.07) is 8.17. The molecular formula is C15H24ClNO. The van der Waals surface area contributed by atoms with E-state index in [2.05, 4.69) is 24.4 Å². The Morgan fingerprint density at radius 3 is 2.78 bits per heavy atom. The van der Waals surface area contributed by atoms with Gasteiger partial charge in [0, 0.05) is 25.2 Å². The van der Waals surface area contributed by atoms with Crippen LogP contribution in [-0.4, -0.2) is 26.8 Å². The monoisotopic (exact) mass is 269 g/mol. The van der Waals surface area contributed by atoms with Crippen molar-refractivity contribution in [3.63, 3.8) is 0 Å². The van der Waals surface area contributed by atoms with E-state index < -0.39 is 0 Å². The molecule has 0 fully saturated rings. The van der Waals surface area contributed by atoms with E-state index in [-0.39, 0.29) is 0 Å². The fraction of sp³-hybridized carbons (Fsp3) is 0.600. The molecule has 0 amide bonds. The van der Waals surface area contributed by atoms with Crippen molar-refractivity contribution in [2.45, 2.75) is 32.1 Å². The molecule has 1 unspecified atom stereocenters. The second-order valence-corrected chi connectivity index (χ2v) is 4.96. The zero-order valence-corrected chi connectivity index (χ0v) is 12.2. The average Bonchev–Trinajstić information content (AvgIpc) is 2.39. The summed E-state index contributed by atoms with van der Waals surface area (Å²) < 4.78 is 5.05. The molecule has 1 aromatic carbocycles. The highest BCUT2D eigenvalue weighted by atomic mass is 35.5. The summed E-state index contributed by atoms with van der Waals surface area (Å²) in [6.45, 7) is 4.84. The van der Waals surface area contributed by atoms with Crippen LogP contribution >= 0.6 is 11.6 Å². The summed E-state index contributed by atoms with van der Waals surface area (Å²) in [7, 11) is 1.73. The highest BCUT2D eigenvalue weighted by Crippen LogP contribution is 2.27. The topological polar surface area (TPSA) is 21.3 Å². The van der Waals surface area contributed by atoms with Gasteiger partial charge in [0.1, 0.15) is 0 Å². The third kappa shape index (κ3) is 5.38. The Bertz CT molecular complexity index is 330. The molecule has 0 saturated carbocycles. The molecule has 0 heterocycles. The van der Waals surface area contributed by atoms with Crippen LogP contribution < -0.4 is 5.32 Å². The number of benzene rings is 1. The Morgan fingerprint density at radius 1 is 1.33 bits per heavy atom. The van der Waals surface area contributed by atoms with Gasteiger partial charge < -0.3 is 10.1 Å². The lowest BCUT2D eigenvalue weighted by molar-refractivity contribution is 0.198. The lowest BCUT2D eigenvalue weighted by Crippen LogP contribution is -2.25. The maximum Gasteiger partial charge on any atom is 0.0587 e. The Hall–Kier alpha value is -0.570. The summed E-state index contributed by atoms with van der Waals surface area (Å²) in [5, 5.41) is 4.32. The lowest BCUT2D eigenvalue weighted by Gasteiger charge is -2.19. The maximum absolute atomic E-state index is 6.29. The number of unbranched alkanes of at least 4 members (excludes halogenated alkanes) is 1. The smallest absolute Gasteiger partial charge is 0.0587 e. The van der Waals surface area contributed by atoms with Crippen LogP contribution in [0.3, 0.4) is 0 Å². The predicted molar refractivity (Wildman–Crippen MR) is 78.5 cm³/mol. The van der Waals surface area contributed by atoms with Crippen LogP contribution in [0.2, 0.25) is 5.02 Å². The molecule has 1 atom stereocenters. The van der Waals surface area contributed by atoms with Crippen molar-refractivity contribution in [1.82, 2.24) is 5.32 Å². The van der Waals surface area contributed by atoms with Gasteiger partial charge in [-0.25, -0.2) is 0 Å². The molecule has 0 radical (unpaired) electrons. The zero-order valence-electron chi connectivity index (χ0n) is 11.4. The summed E-state index contributed by atoms with van der Waals surface area (Å²) in [5.74, 6) is 0.496. The first-order valence-corrected chi connectivity index (χ1v) is 7.11. The number of hydrogen-bond donors (Lipinski definition) is 1. The molecule has 18 heavy (non-hydrogen) atoms. The van der Waals surface area contributed by atoms with Gasteiger partial charge in [-0.2, -0.15) is 0 Å². The Morgan fingerprint density at radius 2 is 2.11 bits per heavy atom. The molecule has 0 bridgehead atoms. The van der Waals surface area contributed by atoms with Crippen molar-refractivity contribution in [1.29, 1.82) is 0 Å². The van der Waals surface area contributed by atoms with Crippen molar-refractivity contribution in [2.24, 2.45) is 0 Å². The van der Waals surface area contributed by atoms with Gasteiger partial charge in [-0.05, 0) is 24.0 Å². The van der Waals surface area contributed by atoms with Crippen LogP contribution in [-0.2, 0) is 4.74 Å². The molecule has 0 saturated heterocycles. The molecule has 102 valence electrons. The lowest BCUT2D eigenvalue weighted by atomic mass is 9.93. The van der Waals surface area contributed by atoms with Crippen molar-refractivity contribution < 1.29 is 4.74 Å². The van der Waals surface area contributed by atoms with E-state index in [1.165, 1.54) is 24.8 Å². The second kappa shape index (κ2) is 9.37. The minimum absolute atomic E-state index is 0.496. The Balaban J connectivity index is 2.57. The molecule has 1 rings (SSSR count). The highest BCUT2D eigenvalue weighted by molar-refractivity contribution is 6.31. The van der Waals surface area contributed by atoms with E-state index in [9.17, 15) is 0 Å². The van der Waals surface area contributed by atoms with Crippen LogP contribution in [0.4, 0.5) is 0 Å². The van der Waals surface area contributed by atoms with Gasteiger partial charge in [0.25, 0.3) is 0 Å². The predicted octanol–water partition coefficient (Wildman–Crippen LogP) is 3.85. The van der Waals surface area contributed by atoms with Crippen molar-refractivity contribution in [3.8, 4) is 0 Å². The zero-order chi connectivity index (χ0) is 13.2. The van der Waals surface area contributed by atoms with Gasteiger partial charge in [-0.3, -0.25) is 0 Å². The molecule has 3 heteroatoms. The fourth-order valence-electron chi connectivity index (χ4n) is 2.07. The van der Waals surface area contributed by atoms with E-state index >= 15 is 0 Å². The molecular weight excluding hydrogens is 246 g/mol. The highest BCUT2D eigenvalue weighted by Gasteiger charge is 2.13. The number of methoxy groups -OCH3 is 1. The van der Waals surface area contributed by atoms with Gasteiger partial charge in [0.15, 0.2) is 0 Å². The second-order valence-electron chi connectivity index (χ2n) is 4.56. The van der Waals surface area contributed by atoms with Gasteiger partial charge in [-0.15, -0.1) is 0 Å². The number of ether oxygens (including phenoxy) is 1. The summed E-state index contributed by atoms with van der Waals surface area (Å²) in [6.07, 6.45) is 3.64. The molecule has 2 nitrogen and oxygen atoms in total. The van der Waals surface area contributed by atoms with Crippen LogP contribution in [0, 0.1) is 0 Å². The SMILES string of the molecule is CCCCC(CNCCOC)c1ccccc1Cl. The van der Waals surface area contributed by atoms with Crippen molar-refractivity contribution in [3.05, 3.63) is 34.9 Å². The standard InChI is InChI=1S/C15H24ClNO/c1-3-4-7-13(12-17-10-11-18-2)14-8-5-6-9-15(14)16/h5-6,8-9,13,17H,3-4,7,10-12H2,1-2H3. The minimum atomic E-state index is 0.496. The molecule has 0 aliphatic rings. The summed E-state index contributed by atoms with van der Waals surface area (Å²) in [5.41, 5.74) is 1.26. The molecule has 1 N–H and O–H groups in total. The van der Waals surface area contributed by atoms with Crippen LogP contribution in [0.5, 0.6) is 0 Å². The number of halogens is 1. The molecule has 0 aliphatic heterocycles. The first kappa shape index (κ1) is 15.5. The molecule has 0 aliphatic carbocycles. The minimum Gasteiger partial charge on any atom is -0.383 e. The normalized spacial score (nSPS) is 12.6. The van der Waals surface area contributed by atoms with Gasteiger partial charge in [0.2, 0.25) is 0 Å². The van der Waals surface area contributed by atoms with Crippen LogP contribution in [0.15, 0.2) is 24.3 Å². The van der Waals surface area contributed by atoms with Gasteiger partial charge in [-0.1, -0.05) is 49.6 Å². The number of rotatable bonds is 9. The van der Waals surface area contributed by atoms with Crippen molar-refractivity contribution in [2.75, 3.05) is 26.8 Å². The third-order valence-electron chi connectivity index (χ3n) is 3.12. The largest absolute Gasteiger partial charge is 0.383 e. The summed E-state index contributed by atoms with van der Waals surface area (Å²) >= 11 is 6.29. The molecule has 0 aromatic heterocycles.